The van der Waals surface area contributed by atoms with Crippen molar-refractivity contribution >= 4 is 29.2 Å². The van der Waals surface area contributed by atoms with Gasteiger partial charge >= 0.3 is 5.97 Å². The van der Waals surface area contributed by atoms with Crippen molar-refractivity contribution in [3.05, 3.63) is 34.3 Å². The van der Waals surface area contributed by atoms with Crippen LogP contribution in [0.15, 0.2) is 24.3 Å². The Labute approximate surface area is 115 Å². The second-order valence-electron chi connectivity index (χ2n) is 2.44. The number of carboxylic acid groups (broad SMARTS) is 1. The predicted octanol–water partition coefficient (Wildman–Crippen LogP) is 3.10. The maximum absolute atomic E-state index is 9.63. The normalized spacial score (nSPS) is 8.44. The van der Waals surface area contributed by atoms with Crippen molar-refractivity contribution in [2.75, 3.05) is 13.2 Å². The molecule has 0 bridgehead atoms. The van der Waals surface area contributed by atoms with E-state index < -0.39 is 5.97 Å². The Bertz CT molecular complexity index is 287. The first-order chi connectivity index (χ1) is 7.07. The molecule has 95 valence electrons. The van der Waals surface area contributed by atoms with E-state index in [9.17, 15) is 4.79 Å². The Kier molecular flexibility index (Phi) is 12.7. The molecule has 0 aliphatic heterocycles. The number of halogens is 2. The third-order valence-electron chi connectivity index (χ3n) is 1.25. The topological polar surface area (TPSA) is 46.5 Å². The van der Waals surface area contributed by atoms with Gasteiger partial charge in [0.2, 0.25) is 0 Å². The summed E-state index contributed by atoms with van der Waals surface area (Å²) >= 11 is 11.2. The van der Waals surface area contributed by atoms with Gasteiger partial charge in [-0.05, 0) is 19.1 Å². The fourth-order valence-corrected chi connectivity index (χ4v) is 0.900. The molecule has 16 heavy (non-hydrogen) atoms. The van der Waals surface area contributed by atoms with Crippen molar-refractivity contribution in [2.24, 2.45) is 0 Å². The van der Waals surface area contributed by atoms with Gasteiger partial charge in [-0.25, -0.2) is 4.79 Å². The van der Waals surface area contributed by atoms with Gasteiger partial charge in [0.05, 0.1) is 10.0 Å². The van der Waals surface area contributed by atoms with Crippen LogP contribution >= 0.6 is 23.2 Å². The third kappa shape index (κ3) is 10.3. The summed E-state index contributed by atoms with van der Waals surface area (Å²) in [7, 11) is 0. The first-order valence-corrected chi connectivity index (χ1v) is 5.03. The molecule has 6 heteroatoms. The number of carboxylic acids is 1. The molecule has 0 spiro atoms. The van der Waals surface area contributed by atoms with Crippen LogP contribution in [0.4, 0.5) is 0 Å². The standard InChI is InChI=1S/C6H4Cl2.C4H8O3.Cu/c7-5-3-1-2-4-6(5)8;1-2-7-3-4(5)6;/h1-4H;2-3H2,1H3,(H,5,6);. The van der Waals surface area contributed by atoms with Crippen LogP contribution in [0.2, 0.25) is 10.0 Å². The Balaban J connectivity index is 0. The van der Waals surface area contributed by atoms with Crippen molar-refractivity contribution in [1.82, 2.24) is 0 Å². The van der Waals surface area contributed by atoms with E-state index in [1.807, 2.05) is 12.1 Å². The average molecular weight is 315 g/mol. The van der Waals surface area contributed by atoms with E-state index in [0.717, 1.165) is 0 Å². The summed E-state index contributed by atoms with van der Waals surface area (Å²) in [5.41, 5.74) is 0. The van der Waals surface area contributed by atoms with Crippen molar-refractivity contribution in [2.45, 2.75) is 6.92 Å². The summed E-state index contributed by atoms with van der Waals surface area (Å²) in [6, 6.07) is 7.19. The molecule has 1 N–H and O–H groups in total. The number of hydrogen-bond donors (Lipinski definition) is 1. The van der Waals surface area contributed by atoms with Gasteiger partial charge in [0.1, 0.15) is 6.61 Å². The van der Waals surface area contributed by atoms with Gasteiger partial charge in [0.25, 0.3) is 0 Å². The van der Waals surface area contributed by atoms with Gasteiger partial charge in [-0.2, -0.15) is 0 Å². The van der Waals surface area contributed by atoms with Gasteiger partial charge in [-0.3, -0.25) is 0 Å². The molecule has 1 aromatic carbocycles. The van der Waals surface area contributed by atoms with Crippen LogP contribution in [-0.4, -0.2) is 24.3 Å². The molecule has 3 nitrogen and oxygen atoms in total. The molecule has 1 rings (SSSR count). The van der Waals surface area contributed by atoms with Crippen LogP contribution in [0.25, 0.3) is 0 Å². The summed E-state index contributed by atoms with van der Waals surface area (Å²) in [5, 5.41) is 9.13. The number of benzene rings is 1. The zero-order valence-electron chi connectivity index (χ0n) is 8.54. The molecule has 0 aromatic heterocycles. The quantitative estimate of drug-likeness (QED) is 0.872. The predicted molar refractivity (Wildman–Crippen MR) is 60.6 cm³/mol. The van der Waals surface area contributed by atoms with Crippen LogP contribution < -0.4 is 0 Å². The summed E-state index contributed by atoms with van der Waals surface area (Å²) in [6.45, 7) is 2.03. The number of carbonyl (C=O) groups is 1. The van der Waals surface area contributed by atoms with Gasteiger partial charge in [0.15, 0.2) is 0 Å². The molecular weight excluding hydrogens is 303 g/mol. The molecule has 1 aromatic rings. The minimum Gasteiger partial charge on any atom is -0.480 e. The van der Waals surface area contributed by atoms with E-state index in [4.69, 9.17) is 28.3 Å². The summed E-state index contributed by atoms with van der Waals surface area (Å²) in [5.74, 6) is -0.915. The first kappa shape index (κ1) is 18.1. The number of aliphatic carboxylic acids is 1. The van der Waals surface area contributed by atoms with Gasteiger partial charge < -0.3 is 9.84 Å². The van der Waals surface area contributed by atoms with E-state index >= 15 is 0 Å². The smallest absolute Gasteiger partial charge is 0.329 e. The first-order valence-electron chi connectivity index (χ1n) is 4.27. The maximum Gasteiger partial charge on any atom is 0.329 e. The molecule has 0 amide bonds. The molecule has 0 unspecified atom stereocenters. The van der Waals surface area contributed by atoms with E-state index in [0.29, 0.717) is 16.7 Å². The average Bonchev–Trinajstić information content (AvgIpc) is 2.20. The Morgan fingerprint density at radius 1 is 1.31 bits per heavy atom. The summed E-state index contributed by atoms with van der Waals surface area (Å²) in [6.07, 6.45) is 0. The minimum atomic E-state index is -0.915. The van der Waals surface area contributed by atoms with Crippen molar-refractivity contribution in [3.63, 3.8) is 0 Å². The number of hydrogen-bond acceptors (Lipinski definition) is 2. The van der Waals surface area contributed by atoms with Crippen LogP contribution in [0.1, 0.15) is 6.92 Å². The second-order valence-corrected chi connectivity index (χ2v) is 3.26. The van der Waals surface area contributed by atoms with Crippen LogP contribution in [0, 0.1) is 0 Å². The number of rotatable bonds is 3. The van der Waals surface area contributed by atoms with E-state index in [-0.39, 0.29) is 23.7 Å². The molecule has 0 saturated heterocycles. The second kappa shape index (κ2) is 11.2. The summed E-state index contributed by atoms with van der Waals surface area (Å²) < 4.78 is 4.50. The molecule has 0 atom stereocenters. The molecule has 0 aliphatic rings. The van der Waals surface area contributed by atoms with Crippen molar-refractivity contribution < 1.29 is 31.7 Å². The zero-order chi connectivity index (χ0) is 11.7. The maximum atomic E-state index is 9.63. The van der Waals surface area contributed by atoms with E-state index in [1.165, 1.54) is 0 Å². The molecule has 1 radical (unpaired) electrons. The largest absolute Gasteiger partial charge is 0.480 e. The molecule has 0 aliphatic carbocycles. The van der Waals surface area contributed by atoms with Crippen molar-refractivity contribution in [3.8, 4) is 0 Å². The SMILES string of the molecule is CCOCC(=O)O.Clc1ccccc1Cl.[Cu]. The summed E-state index contributed by atoms with van der Waals surface area (Å²) in [4.78, 5) is 9.63. The molecular formula is C10H12Cl2CuO3. The van der Waals surface area contributed by atoms with Gasteiger partial charge in [0, 0.05) is 23.7 Å². The van der Waals surface area contributed by atoms with Crippen molar-refractivity contribution in [1.29, 1.82) is 0 Å². The van der Waals surface area contributed by atoms with E-state index in [1.54, 1.807) is 19.1 Å². The Morgan fingerprint density at radius 2 is 1.75 bits per heavy atom. The zero-order valence-corrected chi connectivity index (χ0v) is 11.0. The fraction of sp³-hybridized carbons (Fsp3) is 0.300. The van der Waals surface area contributed by atoms with Crippen LogP contribution in [0.5, 0.6) is 0 Å². The Hall–Kier alpha value is -0.251. The van der Waals surface area contributed by atoms with Gasteiger partial charge in [-0.15, -0.1) is 0 Å². The molecule has 0 heterocycles. The van der Waals surface area contributed by atoms with Crippen LogP contribution in [0.3, 0.4) is 0 Å². The molecule has 0 fully saturated rings. The van der Waals surface area contributed by atoms with Crippen LogP contribution in [-0.2, 0) is 26.6 Å². The minimum absolute atomic E-state index is 0. The monoisotopic (exact) mass is 313 g/mol. The molecule has 0 saturated carbocycles. The van der Waals surface area contributed by atoms with Gasteiger partial charge in [-0.1, -0.05) is 35.3 Å². The third-order valence-corrected chi connectivity index (χ3v) is 2.01. The Morgan fingerprint density at radius 3 is 1.94 bits per heavy atom. The fourth-order valence-electron chi connectivity index (χ4n) is 0.629. The van der Waals surface area contributed by atoms with E-state index in [2.05, 4.69) is 4.74 Å². The number of ether oxygens (including phenoxy) is 1.